The third kappa shape index (κ3) is 9.14. The second kappa shape index (κ2) is 14.0. The number of benzene rings is 1. The van der Waals surface area contributed by atoms with E-state index in [2.05, 4.69) is 47.7 Å². The fraction of sp³-hybridized carbons (Fsp3) is 0.667. The van der Waals surface area contributed by atoms with Crippen LogP contribution in [0.3, 0.4) is 0 Å². The van der Waals surface area contributed by atoms with Crippen molar-refractivity contribution in [1.82, 2.24) is 10.6 Å². The van der Waals surface area contributed by atoms with Crippen molar-refractivity contribution in [2.24, 2.45) is 10.9 Å². The van der Waals surface area contributed by atoms with Crippen LogP contribution in [0.4, 0.5) is 0 Å². The predicted octanol–water partition coefficient (Wildman–Crippen LogP) is 4.27. The molecule has 0 aromatic heterocycles. The van der Waals surface area contributed by atoms with Gasteiger partial charge in [0.15, 0.2) is 5.96 Å². The maximum Gasteiger partial charge on any atom is 0.191 e. The first-order valence-electron chi connectivity index (χ1n) is 9.97. The molecule has 0 spiro atoms. The maximum absolute atomic E-state index is 6.11. The normalized spacial score (nSPS) is 16.7. The predicted molar refractivity (Wildman–Crippen MR) is 123 cm³/mol. The van der Waals surface area contributed by atoms with Crippen LogP contribution in [0.25, 0.3) is 0 Å². The number of unbranched alkanes of at least 4 members (excludes halogenated alkanes) is 3. The van der Waals surface area contributed by atoms with Gasteiger partial charge in [-0.05, 0) is 31.4 Å². The van der Waals surface area contributed by atoms with E-state index in [1.54, 1.807) is 0 Å². The van der Waals surface area contributed by atoms with Gasteiger partial charge in [-0.3, -0.25) is 4.99 Å². The summed E-state index contributed by atoms with van der Waals surface area (Å²) in [5.74, 6) is 2.31. The van der Waals surface area contributed by atoms with E-state index in [9.17, 15) is 0 Å². The van der Waals surface area contributed by atoms with Crippen LogP contribution in [0.1, 0.15) is 50.2 Å². The Labute approximate surface area is 181 Å². The van der Waals surface area contributed by atoms with Crippen molar-refractivity contribution in [3.05, 3.63) is 29.3 Å². The largest absolute Gasteiger partial charge is 0.493 e. The van der Waals surface area contributed by atoms with Gasteiger partial charge in [-0.15, -0.1) is 24.0 Å². The van der Waals surface area contributed by atoms with Gasteiger partial charge in [0, 0.05) is 38.2 Å². The highest BCUT2D eigenvalue weighted by Crippen LogP contribution is 2.22. The monoisotopic (exact) mass is 489 g/mol. The van der Waals surface area contributed by atoms with E-state index < -0.39 is 0 Å². The summed E-state index contributed by atoms with van der Waals surface area (Å²) in [6.45, 7) is 8.38. The minimum Gasteiger partial charge on any atom is -0.493 e. The Morgan fingerprint density at radius 3 is 2.81 bits per heavy atom. The summed E-state index contributed by atoms with van der Waals surface area (Å²) in [7, 11) is 1.81. The number of nitrogens with one attached hydrogen (secondary N) is 2. The lowest BCUT2D eigenvalue weighted by molar-refractivity contribution is 0.166. The summed E-state index contributed by atoms with van der Waals surface area (Å²) in [4.78, 5) is 4.31. The molecule has 0 bridgehead atoms. The molecule has 1 aromatic rings. The summed E-state index contributed by atoms with van der Waals surface area (Å²) in [6, 6.07) is 6.38. The molecule has 5 nitrogen and oxygen atoms in total. The quantitative estimate of drug-likeness (QED) is 0.223. The molecule has 154 valence electrons. The van der Waals surface area contributed by atoms with E-state index in [0.717, 1.165) is 50.1 Å². The smallest absolute Gasteiger partial charge is 0.191 e. The molecular weight excluding hydrogens is 453 g/mol. The summed E-state index contributed by atoms with van der Waals surface area (Å²) >= 11 is 0. The minimum absolute atomic E-state index is 0. The van der Waals surface area contributed by atoms with Crippen LogP contribution in [0.5, 0.6) is 5.75 Å². The van der Waals surface area contributed by atoms with Crippen molar-refractivity contribution in [1.29, 1.82) is 0 Å². The van der Waals surface area contributed by atoms with Crippen LogP contribution in [0.2, 0.25) is 0 Å². The van der Waals surface area contributed by atoms with E-state index in [4.69, 9.17) is 9.47 Å². The topological polar surface area (TPSA) is 54.9 Å². The average molecular weight is 489 g/mol. The van der Waals surface area contributed by atoms with E-state index in [1.165, 1.54) is 31.2 Å². The first-order chi connectivity index (χ1) is 12.7. The molecule has 1 aliphatic rings. The molecule has 0 aliphatic carbocycles. The maximum atomic E-state index is 6.11. The van der Waals surface area contributed by atoms with Gasteiger partial charge in [0.05, 0.1) is 13.2 Å². The lowest BCUT2D eigenvalue weighted by Crippen LogP contribution is -2.37. The molecule has 2 N–H and O–H groups in total. The zero-order valence-electron chi connectivity index (χ0n) is 17.1. The SMILES string of the molecule is CCCCCCNC(=NC)NCc1ccc(C)cc1OCC1CCOC1.I. The van der Waals surface area contributed by atoms with Crippen LogP contribution >= 0.6 is 24.0 Å². The van der Waals surface area contributed by atoms with Gasteiger partial charge in [-0.25, -0.2) is 0 Å². The van der Waals surface area contributed by atoms with E-state index in [0.29, 0.717) is 12.5 Å². The molecule has 1 heterocycles. The van der Waals surface area contributed by atoms with Gasteiger partial charge >= 0.3 is 0 Å². The van der Waals surface area contributed by atoms with E-state index in [1.807, 2.05) is 7.05 Å². The average Bonchev–Trinajstić information content (AvgIpc) is 3.17. The highest BCUT2D eigenvalue weighted by molar-refractivity contribution is 14.0. The second-order valence-corrected chi connectivity index (χ2v) is 7.07. The van der Waals surface area contributed by atoms with Crippen molar-refractivity contribution in [3.8, 4) is 5.75 Å². The summed E-state index contributed by atoms with van der Waals surface area (Å²) in [6.07, 6.45) is 6.09. The number of hydrogen-bond donors (Lipinski definition) is 2. The molecule has 27 heavy (non-hydrogen) atoms. The number of nitrogens with zero attached hydrogens (tertiary/aromatic N) is 1. The molecule has 0 radical (unpaired) electrons. The number of halogens is 1. The molecule has 2 rings (SSSR count). The van der Waals surface area contributed by atoms with Crippen LogP contribution < -0.4 is 15.4 Å². The molecule has 1 aliphatic heterocycles. The molecule has 1 atom stereocenters. The Morgan fingerprint density at radius 1 is 1.26 bits per heavy atom. The third-order valence-corrected chi connectivity index (χ3v) is 4.71. The van der Waals surface area contributed by atoms with Crippen LogP contribution in [-0.4, -0.2) is 39.4 Å². The van der Waals surface area contributed by atoms with Gasteiger partial charge in [-0.1, -0.05) is 38.3 Å². The van der Waals surface area contributed by atoms with Crippen molar-refractivity contribution in [3.63, 3.8) is 0 Å². The first kappa shape index (κ1) is 24.0. The molecule has 1 fully saturated rings. The fourth-order valence-corrected chi connectivity index (χ4v) is 3.02. The third-order valence-electron chi connectivity index (χ3n) is 4.71. The Balaban J connectivity index is 0.00000364. The van der Waals surface area contributed by atoms with Crippen LogP contribution in [-0.2, 0) is 11.3 Å². The van der Waals surface area contributed by atoms with Gasteiger partial charge in [0.25, 0.3) is 0 Å². The highest BCUT2D eigenvalue weighted by atomic mass is 127. The molecule has 1 saturated heterocycles. The molecule has 0 saturated carbocycles. The van der Waals surface area contributed by atoms with Gasteiger partial charge < -0.3 is 20.1 Å². The zero-order chi connectivity index (χ0) is 18.6. The van der Waals surface area contributed by atoms with Gasteiger partial charge in [0.2, 0.25) is 0 Å². The summed E-state index contributed by atoms with van der Waals surface area (Å²) < 4.78 is 11.6. The van der Waals surface area contributed by atoms with Crippen LogP contribution in [0.15, 0.2) is 23.2 Å². The lowest BCUT2D eigenvalue weighted by atomic mass is 10.1. The first-order valence-corrected chi connectivity index (χ1v) is 9.97. The number of rotatable bonds is 10. The molecule has 1 unspecified atom stereocenters. The van der Waals surface area contributed by atoms with Gasteiger partial charge in [-0.2, -0.15) is 0 Å². The molecule has 6 heteroatoms. The van der Waals surface area contributed by atoms with E-state index >= 15 is 0 Å². The number of ether oxygens (including phenoxy) is 2. The summed E-state index contributed by atoms with van der Waals surface area (Å²) in [5, 5.41) is 6.79. The van der Waals surface area contributed by atoms with Crippen LogP contribution in [0, 0.1) is 12.8 Å². The standard InChI is InChI=1S/C21H35N3O2.HI/c1-4-5-6-7-11-23-21(22-3)24-14-19-9-8-17(2)13-20(19)26-16-18-10-12-25-15-18;/h8-9,13,18H,4-7,10-12,14-16H2,1-3H3,(H2,22,23,24);1H. The Hall–Kier alpha value is -1.02. The Morgan fingerprint density at radius 2 is 2.11 bits per heavy atom. The fourth-order valence-electron chi connectivity index (χ4n) is 3.02. The number of aliphatic imine (C=N–C) groups is 1. The summed E-state index contributed by atoms with van der Waals surface area (Å²) in [5.41, 5.74) is 2.37. The van der Waals surface area contributed by atoms with Crippen molar-refractivity contribution < 1.29 is 9.47 Å². The lowest BCUT2D eigenvalue weighted by Gasteiger charge is -2.17. The molecular formula is C21H36IN3O2. The van der Waals surface area contributed by atoms with E-state index in [-0.39, 0.29) is 24.0 Å². The number of guanidine groups is 1. The Bertz CT molecular complexity index is 560. The van der Waals surface area contributed by atoms with Crippen molar-refractivity contribution in [2.75, 3.05) is 33.4 Å². The van der Waals surface area contributed by atoms with Crippen molar-refractivity contribution >= 4 is 29.9 Å². The molecule has 1 aromatic carbocycles. The minimum atomic E-state index is 0. The Kier molecular flexibility index (Phi) is 12.5. The van der Waals surface area contributed by atoms with Crippen molar-refractivity contribution in [2.45, 2.75) is 52.5 Å². The zero-order valence-corrected chi connectivity index (χ0v) is 19.4. The number of aryl methyl sites for hydroxylation is 1. The highest BCUT2D eigenvalue weighted by Gasteiger charge is 2.17. The second-order valence-electron chi connectivity index (χ2n) is 7.07. The molecule has 0 amide bonds. The number of hydrogen-bond acceptors (Lipinski definition) is 3. The van der Waals surface area contributed by atoms with Gasteiger partial charge in [0.1, 0.15) is 5.75 Å².